The van der Waals surface area contributed by atoms with Crippen LogP contribution in [0.15, 0.2) is 24.3 Å². The normalized spacial score (nSPS) is 10.5. The van der Waals surface area contributed by atoms with Crippen molar-refractivity contribution in [3.8, 4) is 0 Å². The average molecular weight is 321 g/mol. The van der Waals surface area contributed by atoms with Crippen LogP contribution >= 0.6 is 11.6 Å². The monoisotopic (exact) mass is 320 g/mol. The summed E-state index contributed by atoms with van der Waals surface area (Å²) >= 11 is 6.05. The van der Waals surface area contributed by atoms with Gasteiger partial charge in [0, 0.05) is 37.0 Å². The summed E-state index contributed by atoms with van der Waals surface area (Å²) in [6.07, 6.45) is 0.926. The van der Waals surface area contributed by atoms with Crippen LogP contribution < -0.4 is 10.6 Å². The van der Waals surface area contributed by atoms with Crippen molar-refractivity contribution in [2.75, 3.05) is 30.9 Å². The number of benzene rings is 1. The van der Waals surface area contributed by atoms with Crippen molar-refractivity contribution in [1.82, 2.24) is 9.97 Å². The molecule has 0 radical (unpaired) electrons. The molecule has 0 bridgehead atoms. The Labute approximate surface area is 136 Å². The van der Waals surface area contributed by atoms with E-state index >= 15 is 0 Å². The summed E-state index contributed by atoms with van der Waals surface area (Å²) in [5.74, 6) is 2.25. The van der Waals surface area contributed by atoms with E-state index in [4.69, 9.17) is 16.3 Å². The Hall–Kier alpha value is -1.85. The van der Waals surface area contributed by atoms with E-state index in [1.165, 1.54) is 0 Å². The maximum absolute atomic E-state index is 6.05. The molecule has 0 amide bonds. The van der Waals surface area contributed by atoms with Gasteiger partial charge in [0.05, 0.1) is 0 Å². The SMILES string of the molecule is COCCCNc1cc(Nc2cc(Cl)ccc2C)nc(C)n1. The topological polar surface area (TPSA) is 59.1 Å². The van der Waals surface area contributed by atoms with Gasteiger partial charge in [-0.05, 0) is 38.0 Å². The standard InChI is InChI=1S/C16H21ClN4O/c1-11-5-6-13(17)9-14(11)21-16-10-15(19-12(2)20-16)18-7-4-8-22-3/h5-6,9-10H,4,7-8H2,1-3H3,(H2,18,19,20,21). The fourth-order valence-electron chi connectivity index (χ4n) is 2.02. The van der Waals surface area contributed by atoms with Crippen molar-refractivity contribution < 1.29 is 4.74 Å². The molecular weight excluding hydrogens is 300 g/mol. The van der Waals surface area contributed by atoms with Crippen LogP contribution in [0, 0.1) is 13.8 Å². The molecule has 2 rings (SSSR count). The lowest BCUT2D eigenvalue weighted by atomic mass is 10.2. The third-order valence-electron chi connectivity index (χ3n) is 3.13. The summed E-state index contributed by atoms with van der Waals surface area (Å²) in [5.41, 5.74) is 2.05. The largest absolute Gasteiger partial charge is 0.385 e. The number of methoxy groups -OCH3 is 1. The summed E-state index contributed by atoms with van der Waals surface area (Å²) < 4.78 is 5.03. The highest BCUT2D eigenvalue weighted by atomic mass is 35.5. The Kier molecular flexibility index (Phi) is 5.98. The van der Waals surface area contributed by atoms with E-state index in [1.54, 1.807) is 7.11 Å². The molecule has 6 heteroatoms. The molecule has 0 aliphatic rings. The third-order valence-corrected chi connectivity index (χ3v) is 3.37. The first-order valence-electron chi connectivity index (χ1n) is 7.20. The van der Waals surface area contributed by atoms with Gasteiger partial charge >= 0.3 is 0 Å². The molecule has 118 valence electrons. The van der Waals surface area contributed by atoms with Crippen LogP contribution in [-0.4, -0.2) is 30.2 Å². The number of aromatic nitrogens is 2. The lowest BCUT2D eigenvalue weighted by Crippen LogP contribution is -2.08. The van der Waals surface area contributed by atoms with Gasteiger partial charge in [-0.3, -0.25) is 0 Å². The van der Waals surface area contributed by atoms with E-state index in [0.29, 0.717) is 10.8 Å². The minimum absolute atomic E-state index is 0.691. The Morgan fingerprint density at radius 1 is 1.14 bits per heavy atom. The molecule has 0 unspecified atom stereocenters. The molecular formula is C16H21ClN4O. The maximum Gasteiger partial charge on any atom is 0.136 e. The van der Waals surface area contributed by atoms with Gasteiger partial charge in [0.15, 0.2) is 0 Å². The van der Waals surface area contributed by atoms with Crippen LogP contribution in [0.2, 0.25) is 5.02 Å². The molecule has 1 heterocycles. The molecule has 0 aliphatic carbocycles. The second-order valence-corrected chi connectivity index (χ2v) is 5.48. The predicted molar refractivity (Wildman–Crippen MR) is 91.2 cm³/mol. The quantitative estimate of drug-likeness (QED) is 0.757. The highest BCUT2D eigenvalue weighted by Crippen LogP contribution is 2.24. The Bertz CT molecular complexity index is 634. The van der Waals surface area contributed by atoms with Gasteiger partial charge in [-0.15, -0.1) is 0 Å². The van der Waals surface area contributed by atoms with Crippen LogP contribution in [0.3, 0.4) is 0 Å². The first kappa shape index (κ1) is 16.5. The van der Waals surface area contributed by atoms with Crippen LogP contribution in [0.1, 0.15) is 17.8 Å². The molecule has 0 fully saturated rings. The smallest absolute Gasteiger partial charge is 0.136 e. The molecule has 0 saturated carbocycles. The highest BCUT2D eigenvalue weighted by Gasteiger charge is 2.05. The van der Waals surface area contributed by atoms with E-state index < -0.39 is 0 Å². The number of aryl methyl sites for hydroxylation is 2. The van der Waals surface area contributed by atoms with Gasteiger partial charge < -0.3 is 15.4 Å². The average Bonchev–Trinajstić information content (AvgIpc) is 2.47. The van der Waals surface area contributed by atoms with Crippen LogP contribution in [0.5, 0.6) is 0 Å². The Balaban J connectivity index is 2.10. The lowest BCUT2D eigenvalue weighted by Gasteiger charge is -2.12. The van der Waals surface area contributed by atoms with E-state index in [9.17, 15) is 0 Å². The molecule has 0 atom stereocenters. The van der Waals surface area contributed by atoms with Gasteiger partial charge in [0.2, 0.25) is 0 Å². The summed E-state index contributed by atoms with van der Waals surface area (Å²) in [4.78, 5) is 8.80. The first-order valence-corrected chi connectivity index (χ1v) is 7.58. The lowest BCUT2D eigenvalue weighted by molar-refractivity contribution is 0.198. The van der Waals surface area contributed by atoms with E-state index in [0.717, 1.165) is 42.5 Å². The summed E-state index contributed by atoms with van der Waals surface area (Å²) in [5, 5.41) is 7.26. The van der Waals surface area contributed by atoms with Crippen molar-refractivity contribution >= 4 is 28.9 Å². The number of ether oxygens (including phenoxy) is 1. The second kappa shape index (κ2) is 7.96. The van der Waals surface area contributed by atoms with Crippen molar-refractivity contribution in [2.24, 2.45) is 0 Å². The van der Waals surface area contributed by atoms with Crippen molar-refractivity contribution in [3.63, 3.8) is 0 Å². The highest BCUT2D eigenvalue weighted by molar-refractivity contribution is 6.30. The number of nitrogens with zero attached hydrogens (tertiary/aromatic N) is 2. The molecule has 2 N–H and O–H groups in total. The zero-order chi connectivity index (χ0) is 15.9. The van der Waals surface area contributed by atoms with Crippen LogP contribution in [0.25, 0.3) is 0 Å². The van der Waals surface area contributed by atoms with E-state index in [2.05, 4.69) is 20.6 Å². The number of hydrogen-bond donors (Lipinski definition) is 2. The number of halogens is 1. The Morgan fingerprint density at radius 2 is 1.91 bits per heavy atom. The fourth-order valence-corrected chi connectivity index (χ4v) is 2.19. The summed E-state index contributed by atoms with van der Waals surface area (Å²) in [6, 6.07) is 7.62. The molecule has 1 aromatic heterocycles. The molecule has 0 aliphatic heterocycles. The molecule has 0 saturated heterocycles. The zero-order valence-electron chi connectivity index (χ0n) is 13.1. The zero-order valence-corrected chi connectivity index (χ0v) is 13.9. The van der Waals surface area contributed by atoms with Gasteiger partial charge in [-0.1, -0.05) is 17.7 Å². The summed E-state index contributed by atoms with van der Waals surface area (Å²) in [6.45, 7) is 5.43. The van der Waals surface area contributed by atoms with Crippen LogP contribution in [-0.2, 0) is 4.74 Å². The number of anilines is 3. The second-order valence-electron chi connectivity index (χ2n) is 5.04. The van der Waals surface area contributed by atoms with Gasteiger partial charge in [-0.25, -0.2) is 9.97 Å². The molecule has 22 heavy (non-hydrogen) atoms. The minimum atomic E-state index is 0.691. The molecule has 0 spiro atoms. The molecule has 5 nitrogen and oxygen atoms in total. The predicted octanol–water partition coefficient (Wildman–Crippen LogP) is 3.94. The van der Waals surface area contributed by atoms with Gasteiger partial charge in [0.1, 0.15) is 17.5 Å². The van der Waals surface area contributed by atoms with E-state index in [-0.39, 0.29) is 0 Å². The first-order chi connectivity index (χ1) is 10.6. The fraction of sp³-hybridized carbons (Fsp3) is 0.375. The van der Waals surface area contributed by atoms with Crippen molar-refractivity contribution in [2.45, 2.75) is 20.3 Å². The number of nitrogens with one attached hydrogen (secondary N) is 2. The van der Waals surface area contributed by atoms with E-state index in [1.807, 2.05) is 38.1 Å². The maximum atomic E-state index is 6.05. The number of rotatable bonds is 7. The van der Waals surface area contributed by atoms with Crippen LogP contribution in [0.4, 0.5) is 17.3 Å². The van der Waals surface area contributed by atoms with Crippen molar-refractivity contribution in [3.05, 3.63) is 40.7 Å². The minimum Gasteiger partial charge on any atom is -0.385 e. The molecule has 1 aromatic carbocycles. The number of hydrogen-bond acceptors (Lipinski definition) is 5. The molecule has 2 aromatic rings. The van der Waals surface area contributed by atoms with Crippen molar-refractivity contribution in [1.29, 1.82) is 0 Å². The van der Waals surface area contributed by atoms with Gasteiger partial charge in [-0.2, -0.15) is 0 Å². The summed E-state index contributed by atoms with van der Waals surface area (Å²) in [7, 11) is 1.70. The third kappa shape index (κ3) is 4.86. The van der Waals surface area contributed by atoms with Gasteiger partial charge in [0.25, 0.3) is 0 Å². The Morgan fingerprint density at radius 3 is 2.68 bits per heavy atom.